The summed E-state index contributed by atoms with van der Waals surface area (Å²) in [6, 6.07) is 7.12. The lowest BCUT2D eigenvalue weighted by atomic mass is 9.75. The minimum absolute atomic E-state index is 0.0126. The predicted octanol–water partition coefficient (Wildman–Crippen LogP) is 4.60. The summed E-state index contributed by atoms with van der Waals surface area (Å²) in [5.41, 5.74) is 2.00. The number of hydrogen-bond donors (Lipinski definition) is 0. The van der Waals surface area contributed by atoms with Gasteiger partial charge in [0.1, 0.15) is 5.76 Å². The van der Waals surface area contributed by atoms with Crippen LogP contribution in [0.5, 0.6) is 0 Å². The van der Waals surface area contributed by atoms with E-state index < -0.39 is 5.97 Å². The normalized spacial score (nSPS) is 16.5. The van der Waals surface area contributed by atoms with Crippen LogP contribution in [0.1, 0.15) is 62.4 Å². The van der Waals surface area contributed by atoms with Crippen LogP contribution in [0.4, 0.5) is 0 Å². The summed E-state index contributed by atoms with van der Waals surface area (Å²) < 4.78 is 5.71. The zero-order valence-corrected chi connectivity index (χ0v) is 17.0. The van der Waals surface area contributed by atoms with E-state index in [1.807, 2.05) is 39.8 Å². The van der Waals surface area contributed by atoms with Gasteiger partial charge in [-0.05, 0) is 30.9 Å². The number of ketones is 1. The van der Waals surface area contributed by atoms with Gasteiger partial charge in [0.2, 0.25) is 0 Å². The second-order valence-corrected chi connectivity index (χ2v) is 7.76. The molecule has 2 rings (SSSR count). The highest BCUT2D eigenvalue weighted by atomic mass is 16.6. The maximum absolute atomic E-state index is 12.9. The smallest absolute Gasteiger partial charge is 0.343 e. The molecule has 28 heavy (non-hydrogen) atoms. The molecule has 1 aliphatic carbocycles. The van der Waals surface area contributed by atoms with Gasteiger partial charge < -0.3 is 9.57 Å². The zero-order valence-electron chi connectivity index (χ0n) is 17.0. The second kappa shape index (κ2) is 9.36. The number of allylic oxidation sites excluding steroid dienone is 2. The maximum Gasteiger partial charge on any atom is 0.343 e. The van der Waals surface area contributed by atoms with Gasteiger partial charge >= 0.3 is 5.97 Å². The summed E-state index contributed by atoms with van der Waals surface area (Å²) in [5, 5.41) is 4.07. The highest BCUT2D eigenvalue weighted by Crippen LogP contribution is 2.38. The fourth-order valence-electron chi connectivity index (χ4n) is 3.13. The van der Waals surface area contributed by atoms with E-state index in [9.17, 15) is 9.59 Å². The Labute approximate surface area is 166 Å². The molecule has 0 saturated carbocycles. The van der Waals surface area contributed by atoms with Gasteiger partial charge in [-0.15, -0.1) is 6.42 Å². The van der Waals surface area contributed by atoms with Crippen LogP contribution in [-0.4, -0.2) is 24.1 Å². The molecule has 0 heterocycles. The van der Waals surface area contributed by atoms with Gasteiger partial charge in [-0.2, -0.15) is 0 Å². The van der Waals surface area contributed by atoms with E-state index in [4.69, 9.17) is 16.0 Å². The summed E-state index contributed by atoms with van der Waals surface area (Å²) in [6.07, 6.45) is 7.31. The molecule has 0 radical (unpaired) electrons. The van der Waals surface area contributed by atoms with Crippen LogP contribution in [0, 0.1) is 24.7 Å². The van der Waals surface area contributed by atoms with Gasteiger partial charge in [-0.1, -0.05) is 56.0 Å². The van der Waals surface area contributed by atoms with Crippen molar-refractivity contribution in [3.05, 3.63) is 46.7 Å². The quantitative estimate of drug-likeness (QED) is 0.228. The average molecular weight is 381 g/mol. The molecule has 1 aromatic rings. The molecule has 1 aromatic carbocycles. The van der Waals surface area contributed by atoms with Gasteiger partial charge in [-0.25, -0.2) is 4.79 Å². The summed E-state index contributed by atoms with van der Waals surface area (Å²) in [4.78, 5) is 30.7. The summed E-state index contributed by atoms with van der Waals surface area (Å²) >= 11 is 0. The second-order valence-electron chi connectivity index (χ2n) is 7.76. The Kier molecular flexibility index (Phi) is 7.17. The van der Waals surface area contributed by atoms with Gasteiger partial charge in [0.15, 0.2) is 12.4 Å². The lowest BCUT2D eigenvalue weighted by Crippen LogP contribution is -2.31. The van der Waals surface area contributed by atoms with Crippen molar-refractivity contribution in [2.24, 2.45) is 10.6 Å². The van der Waals surface area contributed by atoms with E-state index >= 15 is 0 Å². The predicted molar refractivity (Wildman–Crippen MR) is 109 cm³/mol. The third-order valence-corrected chi connectivity index (χ3v) is 4.44. The van der Waals surface area contributed by atoms with Crippen LogP contribution in [0.25, 0.3) is 0 Å². The molecule has 0 aromatic heterocycles. The average Bonchev–Trinajstić information content (AvgIpc) is 2.61. The molecule has 0 fully saturated rings. The fourth-order valence-corrected chi connectivity index (χ4v) is 3.13. The molecule has 0 unspecified atom stereocenters. The van der Waals surface area contributed by atoms with Crippen LogP contribution in [0.15, 0.2) is 40.8 Å². The maximum atomic E-state index is 12.9. The van der Waals surface area contributed by atoms with Crippen LogP contribution in [-0.2, 0) is 14.4 Å². The highest BCUT2D eigenvalue weighted by Gasteiger charge is 2.37. The first-order valence-electron chi connectivity index (χ1n) is 9.45. The number of esters is 1. The molecule has 0 atom stereocenters. The molecular weight excluding hydrogens is 354 g/mol. The molecule has 0 amide bonds. The number of benzene rings is 1. The Morgan fingerprint density at radius 1 is 1.25 bits per heavy atom. The van der Waals surface area contributed by atoms with Crippen molar-refractivity contribution < 1.29 is 19.2 Å². The van der Waals surface area contributed by atoms with Crippen LogP contribution in [0.2, 0.25) is 0 Å². The first-order valence-corrected chi connectivity index (χ1v) is 9.45. The van der Waals surface area contributed by atoms with Gasteiger partial charge in [0, 0.05) is 12.8 Å². The lowest BCUT2D eigenvalue weighted by Gasteiger charge is -2.31. The number of Topliss-reactive ketones (excluding diaryl/α,β-unsaturated/α-hetero) is 1. The third-order valence-electron chi connectivity index (χ3n) is 4.44. The van der Waals surface area contributed by atoms with Gasteiger partial charge in [-0.3, -0.25) is 4.79 Å². The molecule has 0 saturated heterocycles. The fraction of sp³-hybridized carbons (Fsp3) is 0.435. The SMILES string of the molecule is C#CCON=C(CCC)C1=C(OC(=O)c2ccc(C)cc2)CC(C)(C)CC1=O. The standard InChI is InChI=1S/C23H27NO4/c1-6-8-18(24-27-13-7-2)21-19(25)14-23(4,5)15-20(21)28-22(26)17-11-9-16(3)10-12-17/h2,9-12H,6,8,13-15H2,1,3-5H3. The molecule has 148 valence electrons. The van der Waals surface area contributed by atoms with Crippen LogP contribution >= 0.6 is 0 Å². The summed E-state index contributed by atoms with van der Waals surface area (Å²) in [5.74, 6) is 2.11. The number of hydrogen-bond acceptors (Lipinski definition) is 5. The van der Waals surface area contributed by atoms with Crippen molar-refractivity contribution in [2.75, 3.05) is 6.61 Å². The van der Waals surface area contributed by atoms with E-state index in [0.29, 0.717) is 41.9 Å². The first-order chi connectivity index (χ1) is 13.3. The molecule has 0 spiro atoms. The number of aryl methyl sites for hydroxylation is 1. The van der Waals surface area contributed by atoms with E-state index in [2.05, 4.69) is 11.1 Å². The molecule has 0 bridgehead atoms. The molecule has 1 aliphatic rings. The highest BCUT2D eigenvalue weighted by molar-refractivity contribution is 6.23. The minimum atomic E-state index is -0.488. The Morgan fingerprint density at radius 2 is 1.93 bits per heavy atom. The Balaban J connectivity index is 2.43. The molecule has 5 nitrogen and oxygen atoms in total. The number of oxime groups is 1. The first kappa shape index (κ1) is 21.4. The van der Waals surface area contributed by atoms with Crippen LogP contribution in [0.3, 0.4) is 0 Å². The largest absolute Gasteiger partial charge is 0.427 e. The van der Waals surface area contributed by atoms with Crippen molar-refractivity contribution in [3.8, 4) is 12.3 Å². The van der Waals surface area contributed by atoms with E-state index in [1.165, 1.54) is 0 Å². The topological polar surface area (TPSA) is 65.0 Å². The van der Waals surface area contributed by atoms with Crippen molar-refractivity contribution in [2.45, 2.75) is 53.4 Å². The van der Waals surface area contributed by atoms with Crippen molar-refractivity contribution >= 4 is 17.5 Å². The molecule has 0 aliphatic heterocycles. The summed E-state index contributed by atoms with van der Waals surface area (Å²) in [7, 11) is 0. The Morgan fingerprint density at radius 3 is 2.54 bits per heavy atom. The molecule has 5 heteroatoms. The van der Waals surface area contributed by atoms with Crippen molar-refractivity contribution in [1.29, 1.82) is 0 Å². The number of ether oxygens (including phenoxy) is 1. The number of rotatable bonds is 7. The Bertz CT molecular complexity index is 838. The number of nitrogens with zero attached hydrogens (tertiary/aromatic N) is 1. The van der Waals surface area contributed by atoms with Crippen LogP contribution < -0.4 is 0 Å². The number of carbonyl (C=O) groups is 2. The van der Waals surface area contributed by atoms with E-state index in [1.54, 1.807) is 12.1 Å². The third kappa shape index (κ3) is 5.56. The minimum Gasteiger partial charge on any atom is -0.427 e. The van der Waals surface area contributed by atoms with Crippen molar-refractivity contribution in [1.82, 2.24) is 0 Å². The van der Waals surface area contributed by atoms with Gasteiger partial charge in [0.05, 0.1) is 16.8 Å². The molecule has 0 N–H and O–H groups in total. The van der Waals surface area contributed by atoms with Crippen molar-refractivity contribution in [3.63, 3.8) is 0 Å². The monoisotopic (exact) mass is 381 g/mol. The number of carbonyl (C=O) groups excluding carboxylic acids is 2. The number of terminal acetylenes is 1. The summed E-state index contributed by atoms with van der Waals surface area (Å²) in [6.45, 7) is 7.90. The van der Waals surface area contributed by atoms with E-state index in [0.717, 1.165) is 12.0 Å². The zero-order chi connectivity index (χ0) is 20.7. The van der Waals surface area contributed by atoms with Gasteiger partial charge in [0.25, 0.3) is 0 Å². The lowest BCUT2D eigenvalue weighted by molar-refractivity contribution is -0.118. The Hall–Kier alpha value is -2.87. The van der Waals surface area contributed by atoms with E-state index in [-0.39, 0.29) is 17.8 Å². The molecular formula is C23H27NO4.